The predicted molar refractivity (Wildman–Crippen MR) is 175 cm³/mol. The van der Waals surface area contributed by atoms with Gasteiger partial charge in [-0.3, -0.25) is 4.79 Å². The number of ether oxygens (including phenoxy) is 6. The second-order valence-electron chi connectivity index (χ2n) is 13.1. The van der Waals surface area contributed by atoms with Crippen molar-refractivity contribution in [3.05, 3.63) is 59.2 Å². The van der Waals surface area contributed by atoms with E-state index in [1.807, 2.05) is 0 Å². The Bertz CT molecular complexity index is 1250. The molecule has 3 fully saturated rings. The zero-order chi connectivity index (χ0) is 31.7. The van der Waals surface area contributed by atoms with Gasteiger partial charge in [-0.05, 0) is 58.9 Å². The quantitative estimate of drug-likeness (QED) is 0.253. The highest BCUT2D eigenvalue weighted by Crippen LogP contribution is 2.52. The number of nitrogens with zero attached hydrogens (tertiary/aromatic N) is 1. The van der Waals surface area contributed by atoms with Crippen molar-refractivity contribution in [2.24, 2.45) is 23.7 Å². The summed E-state index contributed by atoms with van der Waals surface area (Å²) in [5.74, 6) is 3.05. The molecular formula is C36H51N3O7. The number of carbonyl (C=O) groups is 1. The van der Waals surface area contributed by atoms with Crippen molar-refractivity contribution in [2.75, 3.05) is 91.5 Å². The number of hydrogen-bond donors (Lipinski definition) is 2. The number of benzene rings is 2. The first-order chi connectivity index (χ1) is 22.6. The highest BCUT2D eigenvalue weighted by atomic mass is 16.5. The van der Waals surface area contributed by atoms with Gasteiger partial charge >= 0.3 is 0 Å². The molecule has 0 radical (unpaired) electrons. The van der Waals surface area contributed by atoms with Crippen LogP contribution >= 0.6 is 0 Å². The molecule has 1 saturated carbocycles. The summed E-state index contributed by atoms with van der Waals surface area (Å²) in [5.41, 5.74) is 4.60. The Labute approximate surface area is 273 Å². The van der Waals surface area contributed by atoms with Crippen LogP contribution < -0.4 is 20.3 Å². The predicted octanol–water partition coefficient (Wildman–Crippen LogP) is 3.37. The van der Waals surface area contributed by atoms with E-state index in [4.69, 9.17) is 28.4 Å². The van der Waals surface area contributed by atoms with E-state index in [-0.39, 0.29) is 23.8 Å². The van der Waals surface area contributed by atoms with Crippen molar-refractivity contribution in [2.45, 2.75) is 38.1 Å². The third-order valence-electron chi connectivity index (χ3n) is 10.1. The van der Waals surface area contributed by atoms with Gasteiger partial charge in [-0.2, -0.15) is 0 Å². The molecule has 2 N–H and O–H groups in total. The van der Waals surface area contributed by atoms with Crippen LogP contribution in [0.15, 0.2) is 42.5 Å². The fourth-order valence-corrected chi connectivity index (χ4v) is 7.42. The largest absolute Gasteiger partial charge is 0.490 e. The summed E-state index contributed by atoms with van der Waals surface area (Å²) >= 11 is 0. The summed E-state index contributed by atoms with van der Waals surface area (Å²) in [6.45, 7) is 9.24. The molecule has 2 aromatic rings. The molecule has 10 heteroatoms. The summed E-state index contributed by atoms with van der Waals surface area (Å²) in [6.07, 6.45) is 1.52. The zero-order valence-electron chi connectivity index (χ0n) is 27.4. The molecule has 3 heterocycles. The molecule has 10 nitrogen and oxygen atoms in total. The normalized spacial score (nSPS) is 26.7. The molecule has 252 valence electrons. The van der Waals surface area contributed by atoms with Crippen molar-refractivity contribution < 1.29 is 33.2 Å². The van der Waals surface area contributed by atoms with Crippen LogP contribution in [0.1, 0.15) is 35.4 Å². The van der Waals surface area contributed by atoms with Crippen molar-refractivity contribution in [1.29, 1.82) is 0 Å². The third kappa shape index (κ3) is 8.40. The van der Waals surface area contributed by atoms with Crippen LogP contribution in [0.3, 0.4) is 0 Å². The van der Waals surface area contributed by atoms with E-state index < -0.39 is 0 Å². The minimum atomic E-state index is -0.0514. The van der Waals surface area contributed by atoms with E-state index in [9.17, 15) is 4.79 Å². The minimum absolute atomic E-state index is 0.0514. The minimum Gasteiger partial charge on any atom is -0.490 e. The van der Waals surface area contributed by atoms with Crippen LogP contribution in [0.5, 0.6) is 5.75 Å². The Morgan fingerprint density at radius 1 is 0.978 bits per heavy atom. The van der Waals surface area contributed by atoms with Crippen molar-refractivity contribution in [1.82, 2.24) is 10.6 Å². The lowest BCUT2D eigenvalue weighted by molar-refractivity contribution is -0.122. The fourth-order valence-electron chi connectivity index (χ4n) is 7.42. The highest BCUT2D eigenvalue weighted by molar-refractivity contribution is 5.76. The number of rotatable bonds is 17. The standard InChI is InChI=1S/C36H51N3O7/c1-41-12-3-10-39-11-13-45-33-9-6-26(16-32(33)39)22-46-34-20-37-18-28(19-38-35(40)17-29-30-23-44-24-31(29)30)36(34)27-7-4-25(5-8-27)21-43-15-14-42-2/h4-9,16,28-31,34,36-37H,3,10-15,17-24H2,1-2H3,(H,38,40)/t28-,29?,30-,31+,34-,36-/m0/s1. The summed E-state index contributed by atoms with van der Waals surface area (Å²) in [4.78, 5) is 15.4. The molecule has 1 aliphatic carbocycles. The average molecular weight is 638 g/mol. The molecule has 0 spiro atoms. The molecule has 0 aromatic heterocycles. The maximum atomic E-state index is 13.0. The molecule has 6 atom stereocenters. The number of amides is 1. The SMILES string of the molecule is COCCCN1CCOc2ccc(CO[C@H]3CNC[C@@H](CNC(=O)CC4[C@H]5COC[C@@H]45)[C@@H]3c3ccc(COCCOC)cc3)cc21. The van der Waals surface area contributed by atoms with E-state index in [0.29, 0.717) is 63.8 Å². The Kier molecular flexibility index (Phi) is 11.8. The monoisotopic (exact) mass is 637 g/mol. The molecule has 4 aliphatic rings. The van der Waals surface area contributed by atoms with Crippen molar-refractivity contribution >= 4 is 11.6 Å². The smallest absolute Gasteiger partial charge is 0.220 e. The van der Waals surface area contributed by atoms with Gasteiger partial charge in [-0.15, -0.1) is 0 Å². The van der Waals surface area contributed by atoms with Gasteiger partial charge in [0.15, 0.2) is 0 Å². The summed E-state index contributed by atoms with van der Waals surface area (Å²) in [6, 6.07) is 15.1. The van der Waals surface area contributed by atoms with Crippen LogP contribution in [0.25, 0.3) is 0 Å². The van der Waals surface area contributed by atoms with Gasteiger partial charge in [0.05, 0.1) is 58.0 Å². The maximum absolute atomic E-state index is 13.0. The molecule has 2 aromatic carbocycles. The van der Waals surface area contributed by atoms with Crippen LogP contribution in [0.4, 0.5) is 5.69 Å². The molecule has 3 aliphatic heterocycles. The Morgan fingerprint density at radius 3 is 2.59 bits per heavy atom. The number of nitrogens with one attached hydrogen (secondary N) is 2. The molecular weight excluding hydrogens is 586 g/mol. The first kappa shape index (κ1) is 33.2. The van der Waals surface area contributed by atoms with Crippen LogP contribution in [0.2, 0.25) is 0 Å². The number of anilines is 1. The summed E-state index contributed by atoms with van der Waals surface area (Å²) in [5, 5.41) is 6.89. The number of fused-ring (bicyclic) bond motifs is 2. The van der Waals surface area contributed by atoms with Gasteiger partial charge in [0, 0.05) is 59.3 Å². The van der Waals surface area contributed by atoms with Crippen molar-refractivity contribution in [3.8, 4) is 5.75 Å². The van der Waals surface area contributed by atoms with E-state index in [1.165, 1.54) is 5.56 Å². The van der Waals surface area contributed by atoms with E-state index >= 15 is 0 Å². The van der Waals surface area contributed by atoms with Crippen LogP contribution in [0, 0.1) is 23.7 Å². The first-order valence-electron chi connectivity index (χ1n) is 17.0. The lowest BCUT2D eigenvalue weighted by Crippen LogP contribution is -2.50. The van der Waals surface area contributed by atoms with Gasteiger partial charge in [-0.1, -0.05) is 30.3 Å². The Balaban J connectivity index is 1.12. The van der Waals surface area contributed by atoms with E-state index in [2.05, 4.69) is 58.0 Å². The lowest BCUT2D eigenvalue weighted by atomic mass is 9.78. The molecule has 1 unspecified atom stereocenters. The number of carbonyl (C=O) groups excluding carboxylic acids is 1. The summed E-state index contributed by atoms with van der Waals surface area (Å²) in [7, 11) is 3.43. The second kappa shape index (κ2) is 16.4. The summed E-state index contributed by atoms with van der Waals surface area (Å²) < 4.78 is 34.3. The van der Waals surface area contributed by atoms with Crippen molar-refractivity contribution in [3.63, 3.8) is 0 Å². The van der Waals surface area contributed by atoms with Crippen LogP contribution in [-0.4, -0.2) is 98.6 Å². The molecule has 1 amide bonds. The zero-order valence-corrected chi connectivity index (χ0v) is 27.4. The highest BCUT2D eigenvalue weighted by Gasteiger charge is 2.54. The fraction of sp³-hybridized carbons (Fsp3) is 0.639. The van der Waals surface area contributed by atoms with E-state index in [1.54, 1.807) is 14.2 Å². The molecule has 2 saturated heterocycles. The molecule has 0 bridgehead atoms. The van der Waals surface area contributed by atoms with Gasteiger partial charge < -0.3 is 44.0 Å². The van der Waals surface area contributed by atoms with Crippen LogP contribution in [-0.2, 0) is 41.7 Å². The van der Waals surface area contributed by atoms with E-state index in [0.717, 1.165) is 75.0 Å². The maximum Gasteiger partial charge on any atom is 0.220 e. The Morgan fingerprint density at radius 2 is 1.78 bits per heavy atom. The Hall–Kier alpha value is -2.73. The average Bonchev–Trinajstić information content (AvgIpc) is 3.47. The third-order valence-corrected chi connectivity index (χ3v) is 10.1. The number of methoxy groups -OCH3 is 2. The van der Waals surface area contributed by atoms with Gasteiger partial charge in [0.25, 0.3) is 0 Å². The van der Waals surface area contributed by atoms with Gasteiger partial charge in [-0.25, -0.2) is 0 Å². The first-order valence-corrected chi connectivity index (χ1v) is 17.0. The lowest BCUT2D eigenvalue weighted by Gasteiger charge is -2.39. The topological polar surface area (TPSA) is 99.8 Å². The molecule has 46 heavy (non-hydrogen) atoms. The number of hydrogen-bond acceptors (Lipinski definition) is 9. The molecule has 6 rings (SSSR count). The number of piperidine rings is 1. The van der Waals surface area contributed by atoms with Gasteiger partial charge in [0.1, 0.15) is 12.4 Å². The van der Waals surface area contributed by atoms with Gasteiger partial charge in [0.2, 0.25) is 5.91 Å². The second-order valence-corrected chi connectivity index (χ2v) is 13.1.